The molecule has 1 amide bonds. The quantitative estimate of drug-likeness (QED) is 0.887. The average Bonchev–Trinajstić information content (AvgIpc) is 3.07. The molecular weight excluding hydrogens is 334 g/mol. The van der Waals surface area contributed by atoms with Crippen LogP contribution in [-0.2, 0) is 10.3 Å². The molecule has 0 bridgehead atoms. The van der Waals surface area contributed by atoms with Crippen LogP contribution in [0, 0.1) is 5.92 Å². The number of benzene rings is 1. The van der Waals surface area contributed by atoms with Gasteiger partial charge in [0, 0.05) is 18.2 Å². The largest absolute Gasteiger partial charge is 0.454 e. The molecule has 7 heteroatoms. The Bertz CT molecular complexity index is 887. The van der Waals surface area contributed by atoms with Gasteiger partial charge in [-0.15, -0.1) is 0 Å². The van der Waals surface area contributed by atoms with E-state index in [1.807, 2.05) is 26.0 Å². The molecule has 3 rings (SSSR count). The molecule has 1 aromatic carbocycles. The Balaban J connectivity index is 1.95. The predicted molar refractivity (Wildman–Crippen MR) is 97.2 cm³/mol. The zero-order valence-corrected chi connectivity index (χ0v) is 15.4. The topological polar surface area (TPSA) is 82.5 Å². The molecule has 138 valence electrons. The smallest absolute Gasteiger partial charge is 0.267 e. The second-order valence-corrected chi connectivity index (χ2v) is 7.20. The number of nitrogens with one attached hydrogen (secondary N) is 1. The highest BCUT2D eigenvalue weighted by Gasteiger charge is 2.32. The van der Waals surface area contributed by atoms with Gasteiger partial charge in [-0.25, -0.2) is 4.68 Å². The maximum Gasteiger partial charge on any atom is 0.267 e. The van der Waals surface area contributed by atoms with E-state index in [1.54, 1.807) is 26.0 Å². The first-order valence-electron chi connectivity index (χ1n) is 8.58. The Morgan fingerprint density at radius 2 is 1.96 bits per heavy atom. The molecule has 1 aliphatic rings. The molecule has 26 heavy (non-hydrogen) atoms. The lowest BCUT2D eigenvalue weighted by Gasteiger charge is -2.26. The van der Waals surface area contributed by atoms with E-state index in [9.17, 15) is 9.59 Å². The molecule has 0 unspecified atom stereocenters. The monoisotopic (exact) mass is 357 g/mol. The number of hydrogen-bond acceptors (Lipinski definition) is 5. The third-order valence-corrected chi connectivity index (χ3v) is 4.22. The van der Waals surface area contributed by atoms with Crippen LogP contribution in [0.4, 0.5) is 0 Å². The van der Waals surface area contributed by atoms with Gasteiger partial charge in [-0.2, -0.15) is 5.10 Å². The molecule has 0 saturated carbocycles. The van der Waals surface area contributed by atoms with Crippen molar-refractivity contribution in [2.75, 3.05) is 13.3 Å². The number of fused-ring (bicyclic) bond motifs is 1. The molecular formula is C19H23N3O4. The van der Waals surface area contributed by atoms with Gasteiger partial charge < -0.3 is 14.8 Å². The predicted octanol–water partition coefficient (Wildman–Crippen LogP) is 2.15. The van der Waals surface area contributed by atoms with Crippen molar-refractivity contribution in [3.05, 3.63) is 40.7 Å². The van der Waals surface area contributed by atoms with Crippen LogP contribution >= 0.6 is 0 Å². The molecule has 0 saturated heterocycles. The fraction of sp³-hybridized carbons (Fsp3) is 0.421. The van der Waals surface area contributed by atoms with E-state index < -0.39 is 5.54 Å². The SMILES string of the molecule is CC(C)CNC(=O)C(C)(C)n1nc(-c2ccc3c(c2)OCO3)ccc1=O. The van der Waals surface area contributed by atoms with Gasteiger partial charge in [0.1, 0.15) is 5.54 Å². The molecule has 2 aromatic rings. The fourth-order valence-corrected chi connectivity index (χ4v) is 2.63. The summed E-state index contributed by atoms with van der Waals surface area (Å²) in [5.74, 6) is 1.38. The van der Waals surface area contributed by atoms with E-state index in [0.717, 1.165) is 5.56 Å². The van der Waals surface area contributed by atoms with Crippen molar-refractivity contribution in [2.24, 2.45) is 5.92 Å². The van der Waals surface area contributed by atoms with Gasteiger partial charge >= 0.3 is 0 Å². The summed E-state index contributed by atoms with van der Waals surface area (Å²) in [6.45, 7) is 8.12. The summed E-state index contributed by atoms with van der Waals surface area (Å²) in [5.41, 5.74) is -0.0913. The summed E-state index contributed by atoms with van der Waals surface area (Å²) in [7, 11) is 0. The van der Waals surface area contributed by atoms with Crippen molar-refractivity contribution >= 4 is 5.91 Å². The zero-order chi connectivity index (χ0) is 18.9. The van der Waals surface area contributed by atoms with Crippen molar-refractivity contribution in [2.45, 2.75) is 33.2 Å². The molecule has 1 aliphatic heterocycles. The fourth-order valence-electron chi connectivity index (χ4n) is 2.63. The minimum absolute atomic E-state index is 0.189. The van der Waals surface area contributed by atoms with Gasteiger partial charge in [0.25, 0.3) is 5.56 Å². The van der Waals surface area contributed by atoms with E-state index in [1.165, 1.54) is 10.7 Å². The highest BCUT2D eigenvalue weighted by atomic mass is 16.7. The number of aromatic nitrogens is 2. The van der Waals surface area contributed by atoms with E-state index in [0.29, 0.717) is 29.7 Å². The second kappa shape index (κ2) is 6.82. The van der Waals surface area contributed by atoms with E-state index in [2.05, 4.69) is 10.4 Å². The first-order valence-corrected chi connectivity index (χ1v) is 8.58. The molecule has 1 aromatic heterocycles. The van der Waals surface area contributed by atoms with E-state index >= 15 is 0 Å². The molecule has 0 aliphatic carbocycles. The number of carbonyl (C=O) groups excluding carboxylic acids is 1. The van der Waals surface area contributed by atoms with Gasteiger partial charge in [-0.1, -0.05) is 13.8 Å². The number of amides is 1. The molecule has 7 nitrogen and oxygen atoms in total. The normalized spacial score (nSPS) is 13.1. The summed E-state index contributed by atoms with van der Waals surface area (Å²) < 4.78 is 11.9. The van der Waals surface area contributed by atoms with Crippen LogP contribution in [0.3, 0.4) is 0 Å². The molecule has 1 N–H and O–H groups in total. The number of hydrogen-bond donors (Lipinski definition) is 1. The van der Waals surface area contributed by atoms with Crippen molar-refractivity contribution < 1.29 is 14.3 Å². The first-order chi connectivity index (χ1) is 12.3. The lowest BCUT2D eigenvalue weighted by Crippen LogP contribution is -2.50. The Morgan fingerprint density at radius 3 is 2.69 bits per heavy atom. The Labute approximate surface area is 151 Å². The summed E-state index contributed by atoms with van der Waals surface area (Å²) >= 11 is 0. The molecule has 0 spiro atoms. The van der Waals surface area contributed by atoms with Gasteiger partial charge in [-0.3, -0.25) is 9.59 Å². The highest BCUT2D eigenvalue weighted by Crippen LogP contribution is 2.35. The lowest BCUT2D eigenvalue weighted by atomic mass is 10.0. The number of ether oxygens (including phenoxy) is 2. The summed E-state index contributed by atoms with van der Waals surface area (Å²) in [6.07, 6.45) is 0. The van der Waals surface area contributed by atoms with E-state index in [-0.39, 0.29) is 18.3 Å². The van der Waals surface area contributed by atoms with Crippen molar-refractivity contribution in [1.82, 2.24) is 15.1 Å². The average molecular weight is 357 g/mol. The molecule has 0 atom stereocenters. The molecule has 2 heterocycles. The van der Waals surface area contributed by atoms with Crippen LogP contribution in [0.5, 0.6) is 11.5 Å². The van der Waals surface area contributed by atoms with Crippen LogP contribution in [0.15, 0.2) is 35.1 Å². The Hall–Kier alpha value is -2.83. The highest BCUT2D eigenvalue weighted by molar-refractivity contribution is 5.83. The van der Waals surface area contributed by atoms with Gasteiger partial charge in [0.15, 0.2) is 11.5 Å². The van der Waals surface area contributed by atoms with Crippen molar-refractivity contribution in [3.8, 4) is 22.8 Å². The summed E-state index contributed by atoms with van der Waals surface area (Å²) in [6, 6.07) is 8.51. The molecule has 0 radical (unpaired) electrons. The first kappa shape index (κ1) is 18.0. The zero-order valence-electron chi connectivity index (χ0n) is 15.4. The van der Waals surface area contributed by atoms with Gasteiger partial charge in [0.2, 0.25) is 12.7 Å². The van der Waals surface area contributed by atoms with E-state index in [4.69, 9.17) is 9.47 Å². The van der Waals surface area contributed by atoms with Crippen LogP contribution in [0.1, 0.15) is 27.7 Å². The van der Waals surface area contributed by atoms with Gasteiger partial charge in [-0.05, 0) is 44.0 Å². The molecule has 0 fully saturated rings. The summed E-state index contributed by atoms with van der Waals surface area (Å²) in [4.78, 5) is 24.9. The Morgan fingerprint density at radius 1 is 1.23 bits per heavy atom. The minimum Gasteiger partial charge on any atom is -0.454 e. The van der Waals surface area contributed by atoms with Gasteiger partial charge in [0.05, 0.1) is 5.69 Å². The summed E-state index contributed by atoms with van der Waals surface area (Å²) in [5, 5.41) is 7.30. The number of rotatable bonds is 5. The standard InChI is InChI=1S/C19H23N3O4/c1-12(2)10-20-18(24)19(3,4)22-17(23)8-6-14(21-22)13-5-7-15-16(9-13)26-11-25-15/h5-9,12H,10-11H2,1-4H3,(H,20,24). The maximum absolute atomic E-state index is 12.6. The number of carbonyl (C=O) groups is 1. The number of nitrogens with zero attached hydrogens (tertiary/aromatic N) is 2. The van der Waals surface area contributed by atoms with Crippen molar-refractivity contribution in [3.63, 3.8) is 0 Å². The van der Waals surface area contributed by atoms with Crippen molar-refractivity contribution in [1.29, 1.82) is 0 Å². The van der Waals surface area contributed by atoms with Crippen LogP contribution in [-0.4, -0.2) is 29.0 Å². The second-order valence-electron chi connectivity index (χ2n) is 7.20. The third-order valence-electron chi connectivity index (χ3n) is 4.22. The maximum atomic E-state index is 12.6. The minimum atomic E-state index is -1.11. The third kappa shape index (κ3) is 3.42. The Kier molecular flexibility index (Phi) is 4.71. The van der Waals surface area contributed by atoms with Crippen LogP contribution in [0.2, 0.25) is 0 Å². The lowest BCUT2D eigenvalue weighted by molar-refractivity contribution is -0.129. The van der Waals surface area contributed by atoms with Crippen LogP contribution in [0.25, 0.3) is 11.3 Å². The van der Waals surface area contributed by atoms with Crippen LogP contribution < -0.4 is 20.3 Å².